The zero-order valence-corrected chi connectivity index (χ0v) is 17.0. The van der Waals surface area contributed by atoms with Crippen LogP contribution in [-0.2, 0) is 9.59 Å². The van der Waals surface area contributed by atoms with Gasteiger partial charge >= 0.3 is 0 Å². The van der Waals surface area contributed by atoms with E-state index < -0.39 is 5.91 Å². The Morgan fingerprint density at radius 1 is 0.966 bits per heavy atom. The minimum Gasteiger partial charge on any atom is -0.484 e. The van der Waals surface area contributed by atoms with Crippen LogP contribution >= 0.6 is 0 Å². The normalized spacial score (nSPS) is 17.8. The molecule has 0 unspecified atom stereocenters. The van der Waals surface area contributed by atoms with Crippen molar-refractivity contribution in [1.82, 2.24) is 9.80 Å². The average molecular weight is 402 g/mol. The summed E-state index contributed by atoms with van der Waals surface area (Å²) >= 11 is 0. The molecule has 3 rings (SSSR count). The van der Waals surface area contributed by atoms with E-state index in [1.165, 1.54) is 38.2 Å². The van der Waals surface area contributed by atoms with Gasteiger partial charge in [-0.05, 0) is 30.5 Å². The van der Waals surface area contributed by atoms with Crippen molar-refractivity contribution in [2.24, 2.45) is 11.7 Å². The van der Waals surface area contributed by atoms with Crippen LogP contribution in [0.4, 0.5) is 0 Å². The molecule has 7 heteroatoms. The fraction of sp³-hybridized carbons (Fsp3) is 0.591. The van der Waals surface area contributed by atoms with Crippen LogP contribution < -0.4 is 10.5 Å². The predicted octanol–water partition coefficient (Wildman–Crippen LogP) is 2.20. The van der Waals surface area contributed by atoms with Gasteiger partial charge in [0.05, 0.1) is 0 Å². The fourth-order valence-electron chi connectivity index (χ4n) is 4.14. The van der Waals surface area contributed by atoms with Crippen LogP contribution in [0.1, 0.15) is 55.3 Å². The lowest BCUT2D eigenvalue weighted by molar-refractivity contribution is -0.140. The van der Waals surface area contributed by atoms with E-state index in [9.17, 15) is 14.4 Å². The Kier molecular flexibility index (Phi) is 7.49. The maximum Gasteiger partial charge on any atom is 0.260 e. The number of ether oxygens (including phenoxy) is 1. The first-order valence-corrected chi connectivity index (χ1v) is 10.6. The summed E-state index contributed by atoms with van der Waals surface area (Å²) < 4.78 is 5.51. The summed E-state index contributed by atoms with van der Waals surface area (Å²) in [6.45, 7) is 2.11. The maximum absolute atomic E-state index is 12.5. The quantitative estimate of drug-likeness (QED) is 0.758. The number of nitrogens with zero attached hydrogens (tertiary/aromatic N) is 2. The number of hydrogen-bond donors (Lipinski definition) is 1. The standard InChI is InChI=1S/C22H31N3O4/c23-22(28)18-7-4-8-19(15-18)29-16-21(27)25-13-11-24(12-14-25)20(26)10-9-17-5-2-1-3-6-17/h4,7-8,15,17H,1-3,5-6,9-14,16H2,(H2,23,28). The molecule has 0 radical (unpaired) electrons. The molecule has 1 saturated carbocycles. The van der Waals surface area contributed by atoms with Crippen molar-refractivity contribution in [1.29, 1.82) is 0 Å². The number of nitrogens with two attached hydrogens (primary N) is 1. The van der Waals surface area contributed by atoms with Crippen LogP contribution in [0.3, 0.4) is 0 Å². The molecule has 158 valence electrons. The van der Waals surface area contributed by atoms with Gasteiger partial charge in [-0.15, -0.1) is 0 Å². The van der Waals surface area contributed by atoms with Crippen LogP contribution in [0.25, 0.3) is 0 Å². The van der Waals surface area contributed by atoms with Gasteiger partial charge in [-0.1, -0.05) is 38.2 Å². The van der Waals surface area contributed by atoms with Gasteiger partial charge in [0.1, 0.15) is 5.75 Å². The van der Waals surface area contributed by atoms with Crippen LogP contribution in [-0.4, -0.2) is 60.3 Å². The van der Waals surface area contributed by atoms with Gasteiger partial charge in [0.25, 0.3) is 5.91 Å². The lowest BCUT2D eigenvalue weighted by atomic mass is 9.86. The molecule has 1 aliphatic carbocycles. The first kappa shape index (κ1) is 21.1. The molecule has 2 N–H and O–H groups in total. The third-order valence-electron chi connectivity index (χ3n) is 5.96. The molecule has 1 aromatic rings. The minimum atomic E-state index is -0.536. The number of carbonyl (C=O) groups excluding carboxylic acids is 3. The molecule has 1 saturated heterocycles. The van der Waals surface area contributed by atoms with Crippen molar-refractivity contribution < 1.29 is 19.1 Å². The topological polar surface area (TPSA) is 92.9 Å². The molecular formula is C22H31N3O4. The summed E-state index contributed by atoms with van der Waals surface area (Å²) in [5, 5.41) is 0. The van der Waals surface area contributed by atoms with Crippen molar-refractivity contribution in [3.05, 3.63) is 29.8 Å². The largest absolute Gasteiger partial charge is 0.484 e. The van der Waals surface area contributed by atoms with E-state index in [2.05, 4.69) is 0 Å². The van der Waals surface area contributed by atoms with E-state index in [1.807, 2.05) is 4.90 Å². The molecule has 7 nitrogen and oxygen atoms in total. The first-order valence-electron chi connectivity index (χ1n) is 10.6. The minimum absolute atomic E-state index is 0.0994. The van der Waals surface area contributed by atoms with E-state index in [0.717, 1.165) is 6.42 Å². The molecule has 1 aromatic carbocycles. The summed E-state index contributed by atoms with van der Waals surface area (Å²) in [6.07, 6.45) is 8.08. The highest BCUT2D eigenvalue weighted by Gasteiger charge is 2.25. The number of hydrogen-bond acceptors (Lipinski definition) is 4. The predicted molar refractivity (Wildman–Crippen MR) is 109 cm³/mol. The lowest BCUT2D eigenvalue weighted by Crippen LogP contribution is -2.51. The third-order valence-corrected chi connectivity index (χ3v) is 5.96. The van der Waals surface area contributed by atoms with Crippen molar-refractivity contribution in [2.75, 3.05) is 32.8 Å². The summed E-state index contributed by atoms with van der Waals surface area (Å²) in [6, 6.07) is 6.47. The Hall–Kier alpha value is -2.57. The molecule has 0 atom stereocenters. The van der Waals surface area contributed by atoms with Crippen LogP contribution in [0.2, 0.25) is 0 Å². The number of piperazine rings is 1. The fourth-order valence-corrected chi connectivity index (χ4v) is 4.14. The lowest BCUT2D eigenvalue weighted by Gasteiger charge is -2.35. The number of carbonyl (C=O) groups is 3. The molecule has 29 heavy (non-hydrogen) atoms. The van der Waals surface area contributed by atoms with Crippen molar-refractivity contribution in [3.8, 4) is 5.75 Å². The molecule has 2 fully saturated rings. The molecular weight excluding hydrogens is 370 g/mol. The molecule has 1 heterocycles. The Morgan fingerprint density at radius 3 is 2.28 bits per heavy atom. The Bertz CT molecular complexity index is 723. The highest BCUT2D eigenvalue weighted by Crippen LogP contribution is 2.27. The van der Waals surface area contributed by atoms with Crippen molar-refractivity contribution in [2.45, 2.75) is 44.9 Å². The first-order chi connectivity index (χ1) is 14.0. The Morgan fingerprint density at radius 2 is 1.62 bits per heavy atom. The van der Waals surface area contributed by atoms with Crippen molar-refractivity contribution in [3.63, 3.8) is 0 Å². The van der Waals surface area contributed by atoms with Gasteiger partial charge in [0.2, 0.25) is 11.8 Å². The molecule has 2 aliphatic rings. The van der Waals surface area contributed by atoms with Crippen LogP contribution in [0.5, 0.6) is 5.75 Å². The van der Waals surface area contributed by atoms with E-state index >= 15 is 0 Å². The second kappa shape index (κ2) is 10.3. The van der Waals surface area contributed by atoms with Gasteiger partial charge in [-0.25, -0.2) is 0 Å². The van der Waals surface area contributed by atoms with Crippen LogP contribution in [0, 0.1) is 5.92 Å². The second-order valence-electron chi connectivity index (χ2n) is 7.99. The summed E-state index contributed by atoms with van der Waals surface area (Å²) in [7, 11) is 0. The molecule has 3 amide bonds. The summed E-state index contributed by atoms with van der Waals surface area (Å²) in [5.41, 5.74) is 5.60. The number of rotatable bonds is 7. The number of benzene rings is 1. The van der Waals surface area contributed by atoms with Crippen molar-refractivity contribution >= 4 is 17.7 Å². The Labute approximate surface area is 172 Å². The monoisotopic (exact) mass is 401 g/mol. The number of amides is 3. The zero-order valence-electron chi connectivity index (χ0n) is 17.0. The second-order valence-corrected chi connectivity index (χ2v) is 7.99. The Balaban J connectivity index is 1.38. The molecule has 0 aromatic heterocycles. The maximum atomic E-state index is 12.5. The smallest absolute Gasteiger partial charge is 0.260 e. The van der Waals surface area contributed by atoms with E-state index in [4.69, 9.17) is 10.5 Å². The molecule has 0 bridgehead atoms. The summed E-state index contributed by atoms with van der Waals surface area (Å²) in [5.74, 6) is 0.698. The summed E-state index contributed by atoms with van der Waals surface area (Å²) in [4.78, 5) is 39.7. The molecule has 1 aliphatic heterocycles. The van der Waals surface area contributed by atoms with Gasteiger partial charge in [0.15, 0.2) is 6.61 Å². The van der Waals surface area contributed by atoms with Gasteiger partial charge < -0.3 is 20.3 Å². The van der Waals surface area contributed by atoms with Gasteiger partial charge in [-0.3, -0.25) is 14.4 Å². The third kappa shape index (κ3) is 6.21. The van der Waals surface area contributed by atoms with E-state index in [-0.39, 0.29) is 18.4 Å². The van der Waals surface area contributed by atoms with E-state index in [0.29, 0.717) is 49.8 Å². The van der Waals surface area contributed by atoms with E-state index in [1.54, 1.807) is 23.1 Å². The zero-order chi connectivity index (χ0) is 20.6. The van der Waals surface area contributed by atoms with Gasteiger partial charge in [0, 0.05) is 38.2 Å². The van der Waals surface area contributed by atoms with Gasteiger partial charge in [-0.2, -0.15) is 0 Å². The molecule has 0 spiro atoms. The number of primary amides is 1. The highest BCUT2D eigenvalue weighted by atomic mass is 16.5. The SMILES string of the molecule is NC(=O)c1cccc(OCC(=O)N2CCN(C(=O)CCC3CCCCC3)CC2)c1. The average Bonchev–Trinajstić information content (AvgIpc) is 2.77. The van der Waals surface area contributed by atoms with Crippen LogP contribution in [0.15, 0.2) is 24.3 Å². The highest BCUT2D eigenvalue weighted by molar-refractivity contribution is 5.93.